The lowest BCUT2D eigenvalue weighted by molar-refractivity contribution is -0.00685. The molecule has 1 rings (SSSR count). The van der Waals surface area contributed by atoms with Crippen molar-refractivity contribution in [3.05, 3.63) is 54.1 Å². The molecule has 66 valence electrons. The van der Waals surface area contributed by atoms with Crippen LogP contribution < -0.4 is 0 Å². The van der Waals surface area contributed by atoms with Crippen molar-refractivity contribution in [2.45, 2.75) is 12.8 Å². The fourth-order valence-electron chi connectivity index (χ4n) is 1.12. The summed E-state index contributed by atoms with van der Waals surface area (Å²) in [5, 5.41) is 0. The maximum absolute atomic E-state index is 8.76. The molecule has 0 aliphatic carbocycles. The van der Waals surface area contributed by atoms with E-state index >= 15 is 0 Å². The fraction of sp³-hybridized carbons (Fsp3) is 0.182. The van der Waals surface area contributed by atoms with Gasteiger partial charge in [-0.15, -0.1) is 6.58 Å². The van der Waals surface area contributed by atoms with E-state index in [2.05, 4.69) is 11.4 Å². The minimum absolute atomic E-state index is 0.709. The summed E-state index contributed by atoms with van der Waals surface area (Å²) in [5.41, 5.74) is 10.4. The van der Waals surface area contributed by atoms with Crippen LogP contribution in [0.4, 0.5) is 0 Å². The van der Waals surface area contributed by atoms with Crippen LogP contribution in [0.25, 0.3) is 5.53 Å². The van der Waals surface area contributed by atoms with Gasteiger partial charge < -0.3 is 5.53 Å². The Morgan fingerprint density at radius 2 is 2.08 bits per heavy atom. The average Bonchev–Trinajstić information content (AvgIpc) is 2.21. The molecular formula is C11H12N2. The smallest absolute Gasteiger partial charge is 0.299 e. The first-order valence-corrected chi connectivity index (χ1v) is 4.25. The summed E-state index contributed by atoms with van der Waals surface area (Å²) < 4.78 is 0. The number of rotatable bonds is 4. The third kappa shape index (κ3) is 2.69. The molecule has 0 fully saturated rings. The van der Waals surface area contributed by atoms with Crippen LogP contribution in [0.1, 0.15) is 18.4 Å². The minimum Gasteiger partial charge on any atom is -0.361 e. The van der Waals surface area contributed by atoms with Gasteiger partial charge in [0.05, 0.1) is 12.0 Å². The Bertz CT molecular complexity index is 321. The summed E-state index contributed by atoms with van der Waals surface area (Å²) >= 11 is 0. The first-order chi connectivity index (χ1) is 6.38. The van der Waals surface area contributed by atoms with Crippen LogP contribution in [0.5, 0.6) is 0 Å². The molecule has 2 heteroatoms. The third-order valence-corrected chi connectivity index (χ3v) is 1.81. The SMILES string of the molecule is C=CCCC(=[N+]=[N-])c1ccccc1. The van der Waals surface area contributed by atoms with Crippen LogP contribution in [0.2, 0.25) is 0 Å². The largest absolute Gasteiger partial charge is 0.361 e. The molecule has 2 nitrogen and oxygen atoms in total. The van der Waals surface area contributed by atoms with Crippen LogP contribution in [0.15, 0.2) is 43.0 Å². The molecule has 0 aromatic heterocycles. The Hall–Kier alpha value is -1.66. The molecule has 0 heterocycles. The number of nitrogens with zero attached hydrogens (tertiary/aromatic N) is 2. The van der Waals surface area contributed by atoms with Crippen LogP contribution in [-0.4, -0.2) is 10.5 Å². The van der Waals surface area contributed by atoms with Crippen molar-refractivity contribution in [3.63, 3.8) is 0 Å². The Labute approximate surface area is 78.1 Å². The summed E-state index contributed by atoms with van der Waals surface area (Å²) in [4.78, 5) is 3.26. The van der Waals surface area contributed by atoms with E-state index in [9.17, 15) is 0 Å². The molecule has 0 saturated carbocycles. The van der Waals surface area contributed by atoms with Gasteiger partial charge in [-0.2, -0.15) is 4.79 Å². The molecule has 0 radical (unpaired) electrons. The first-order valence-electron chi connectivity index (χ1n) is 4.25. The van der Waals surface area contributed by atoms with E-state index < -0.39 is 0 Å². The highest BCUT2D eigenvalue weighted by molar-refractivity contribution is 5.96. The Balaban J connectivity index is 2.80. The van der Waals surface area contributed by atoms with Crippen molar-refractivity contribution < 1.29 is 4.79 Å². The van der Waals surface area contributed by atoms with E-state index in [-0.39, 0.29) is 0 Å². The van der Waals surface area contributed by atoms with Gasteiger partial charge in [-0.1, -0.05) is 24.3 Å². The van der Waals surface area contributed by atoms with Gasteiger partial charge in [0, 0.05) is 0 Å². The van der Waals surface area contributed by atoms with E-state index in [0.717, 1.165) is 18.4 Å². The van der Waals surface area contributed by atoms with Crippen molar-refractivity contribution in [3.8, 4) is 0 Å². The van der Waals surface area contributed by atoms with E-state index in [1.54, 1.807) is 0 Å². The van der Waals surface area contributed by atoms with E-state index in [4.69, 9.17) is 5.53 Å². The van der Waals surface area contributed by atoms with Crippen molar-refractivity contribution >= 4 is 5.71 Å². The molecule has 0 aliphatic heterocycles. The molecule has 1 aromatic carbocycles. The highest BCUT2D eigenvalue weighted by atomic mass is 14.9. The van der Waals surface area contributed by atoms with Crippen molar-refractivity contribution in [2.24, 2.45) is 0 Å². The first kappa shape index (κ1) is 9.43. The standard InChI is InChI=1S/C11H12N2/c1-2-3-9-11(13-12)10-7-5-4-6-8-10/h2,4-8H,1,3,9H2. The second kappa shape index (κ2) is 5.07. The Morgan fingerprint density at radius 1 is 1.38 bits per heavy atom. The molecular weight excluding hydrogens is 160 g/mol. The van der Waals surface area contributed by atoms with Crippen LogP contribution >= 0.6 is 0 Å². The van der Waals surface area contributed by atoms with Crippen LogP contribution in [0, 0.1) is 0 Å². The minimum atomic E-state index is 0.709. The summed E-state index contributed by atoms with van der Waals surface area (Å²) in [5.74, 6) is 0. The highest BCUT2D eigenvalue weighted by Gasteiger charge is 2.08. The van der Waals surface area contributed by atoms with Crippen LogP contribution in [-0.2, 0) is 0 Å². The molecule has 0 spiro atoms. The molecule has 0 aliphatic rings. The van der Waals surface area contributed by atoms with Gasteiger partial charge in [0.25, 0.3) is 5.71 Å². The highest BCUT2D eigenvalue weighted by Crippen LogP contribution is 2.04. The number of hydrogen-bond donors (Lipinski definition) is 0. The molecule has 13 heavy (non-hydrogen) atoms. The predicted molar refractivity (Wildman–Crippen MR) is 53.6 cm³/mol. The zero-order valence-corrected chi connectivity index (χ0v) is 7.48. The normalized spacial score (nSPS) is 8.92. The zero-order chi connectivity index (χ0) is 9.52. The van der Waals surface area contributed by atoms with Gasteiger partial charge in [0.1, 0.15) is 0 Å². The maximum Gasteiger partial charge on any atom is 0.299 e. The topological polar surface area (TPSA) is 36.4 Å². The molecule has 0 saturated heterocycles. The summed E-state index contributed by atoms with van der Waals surface area (Å²) in [6.45, 7) is 3.62. The van der Waals surface area contributed by atoms with Gasteiger partial charge in [0.2, 0.25) is 0 Å². The average molecular weight is 172 g/mol. The monoisotopic (exact) mass is 172 g/mol. The second-order valence-electron chi connectivity index (χ2n) is 2.74. The van der Waals surface area contributed by atoms with Gasteiger partial charge in [0.15, 0.2) is 0 Å². The summed E-state index contributed by atoms with van der Waals surface area (Å²) in [6, 6.07) is 9.64. The summed E-state index contributed by atoms with van der Waals surface area (Å²) in [7, 11) is 0. The molecule has 0 atom stereocenters. The number of hydrogen-bond acceptors (Lipinski definition) is 0. The van der Waals surface area contributed by atoms with Gasteiger partial charge >= 0.3 is 0 Å². The van der Waals surface area contributed by atoms with Crippen molar-refractivity contribution in [1.29, 1.82) is 0 Å². The van der Waals surface area contributed by atoms with E-state index in [0.29, 0.717) is 5.71 Å². The van der Waals surface area contributed by atoms with E-state index in [1.807, 2.05) is 36.4 Å². The Morgan fingerprint density at radius 3 is 2.62 bits per heavy atom. The lowest BCUT2D eigenvalue weighted by Crippen LogP contribution is -2.00. The molecule has 0 N–H and O–H groups in total. The number of allylic oxidation sites excluding steroid dienone is 1. The van der Waals surface area contributed by atoms with E-state index in [1.165, 1.54) is 0 Å². The predicted octanol–water partition coefficient (Wildman–Crippen LogP) is 2.67. The van der Waals surface area contributed by atoms with Gasteiger partial charge in [-0.3, -0.25) is 0 Å². The number of benzene rings is 1. The third-order valence-electron chi connectivity index (χ3n) is 1.81. The lowest BCUT2D eigenvalue weighted by atomic mass is 10.1. The molecule has 0 bridgehead atoms. The quantitative estimate of drug-likeness (QED) is 0.290. The molecule has 1 aromatic rings. The Kier molecular flexibility index (Phi) is 3.68. The maximum atomic E-state index is 8.76. The van der Waals surface area contributed by atoms with Crippen LogP contribution in [0.3, 0.4) is 0 Å². The zero-order valence-electron chi connectivity index (χ0n) is 7.48. The van der Waals surface area contributed by atoms with Crippen molar-refractivity contribution in [1.82, 2.24) is 0 Å². The molecule has 0 unspecified atom stereocenters. The van der Waals surface area contributed by atoms with Crippen molar-refractivity contribution in [2.75, 3.05) is 0 Å². The van der Waals surface area contributed by atoms with Gasteiger partial charge in [-0.05, 0) is 18.6 Å². The van der Waals surface area contributed by atoms with Gasteiger partial charge in [-0.25, -0.2) is 0 Å². The second-order valence-corrected chi connectivity index (χ2v) is 2.74. The fourth-order valence-corrected chi connectivity index (χ4v) is 1.12. The molecule has 0 amide bonds. The lowest BCUT2D eigenvalue weighted by Gasteiger charge is -1.93. The summed E-state index contributed by atoms with van der Waals surface area (Å²) in [6.07, 6.45) is 3.37.